The highest BCUT2D eigenvalue weighted by molar-refractivity contribution is 7.91. The summed E-state index contributed by atoms with van der Waals surface area (Å²) < 4.78 is 59.2. The summed E-state index contributed by atoms with van der Waals surface area (Å²) in [6, 6.07) is 21.3. The van der Waals surface area contributed by atoms with Gasteiger partial charge in [0.25, 0.3) is 0 Å². The molecule has 0 aliphatic rings. The third-order valence-electron chi connectivity index (χ3n) is 5.68. The standard InChI is InChI=1S/C28H32O6S2/c1-5-27(23-8-7-9-24(20-23)34-19-18-33-6-2)28(21-10-14-25(15-11-21)35(3,29)30)22-12-16-26(17-13-22)36(4,31)32/h7-17,20H,5-6,18-19H2,1-4H3. The SMILES string of the molecule is CCOCCOc1cccc(C(CC)=C(c2ccc(S(C)(=O)=O)cc2)c2ccc(S(C)(=O)=O)cc2)c1. The van der Waals surface area contributed by atoms with Gasteiger partial charge in [0.05, 0.1) is 16.4 Å². The molecule has 0 N–H and O–H groups in total. The first kappa shape index (κ1) is 27.6. The minimum atomic E-state index is -3.34. The van der Waals surface area contributed by atoms with Gasteiger partial charge in [-0.1, -0.05) is 43.3 Å². The van der Waals surface area contributed by atoms with Crippen molar-refractivity contribution in [2.75, 3.05) is 32.3 Å². The summed E-state index contributed by atoms with van der Waals surface area (Å²) in [6.07, 6.45) is 3.04. The Hall–Kier alpha value is -2.94. The number of sulfone groups is 2. The maximum Gasteiger partial charge on any atom is 0.175 e. The molecule has 0 atom stereocenters. The molecule has 0 aromatic heterocycles. The third kappa shape index (κ3) is 7.06. The summed E-state index contributed by atoms with van der Waals surface area (Å²) in [4.78, 5) is 0.474. The molecular formula is C28H32O6S2. The monoisotopic (exact) mass is 528 g/mol. The quantitative estimate of drug-likeness (QED) is 0.249. The van der Waals surface area contributed by atoms with Gasteiger partial charge in [-0.05, 0) is 77.6 Å². The van der Waals surface area contributed by atoms with Crippen LogP contribution in [0.15, 0.2) is 82.6 Å². The maximum atomic E-state index is 12.0. The van der Waals surface area contributed by atoms with Gasteiger partial charge in [0.1, 0.15) is 12.4 Å². The Labute approximate surface area is 214 Å². The Balaban J connectivity index is 2.16. The van der Waals surface area contributed by atoms with Gasteiger partial charge in [0.15, 0.2) is 19.7 Å². The molecule has 36 heavy (non-hydrogen) atoms. The van der Waals surface area contributed by atoms with Crippen molar-refractivity contribution in [3.8, 4) is 5.75 Å². The van der Waals surface area contributed by atoms with Gasteiger partial charge in [-0.3, -0.25) is 0 Å². The highest BCUT2D eigenvalue weighted by Gasteiger charge is 2.16. The van der Waals surface area contributed by atoms with E-state index in [4.69, 9.17) is 9.47 Å². The van der Waals surface area contributed by atoms with Crippen LogP contribution in [0, 0.1) is 0 Å². The van der Waals surface area contributed by atoms with E-state index in [0.717, 1.165) is 33.6 Å². The van der Waals surface area contributed by atoms with Crippen LogP contribution in [0.3, 0.4) is 0 Å². The molecule has 0 aliphatic heterocycles. The number of benzene rings is 3. The number of hydrogen-bond acceptors (Lipinski definition) is 6. The Kier molecular flexibility index (Phi) is 9.11. The Morgan fingerprint density at radius 3 is 1.67 bits per heavy atom. The van der Waals surface area contributed by atoms with Crippen LogP contribution in [0.1, 0.15) is 37.0 Å². The van der Waals surface area contributed by atoms with E-state index in [0.29, 0.717) is 26.2 Å². The molecule has 0 amide bonds. The third-order valence-corrected chi connectivity index (χ3v) is 7.94. The minimum absolute atomic E-state index is 0.237. The second kappa shape index (κ2) is 11.9. The zero-order valence-corrected chi connectivity index (χ0v) is 22.7. The average molecular weight is 529 g/mol. The molecule has 6 nitrogen and oxygen atoms in total. The van der Waals surface area contributed by atoms with Gasteiger partial charge < -0.3 is 9.47 Å². The molecule has 0 fully saturated rings. The van der Waals surface area contributed by atoms with E-state index in [2.05, 4.69) is 0 Å². The summed E-state index contributed by atoms with van der Waals surface area (Å²) in [7, 11) is -6.68. The van der Waals surface area contributed by atoms with Gasteiger partial charge >= 0.3 is 0 Å². The van der Waals surface area contributed by atoms with E-state index >= 15 is 0 Å². The largest absolute Gasteiger partial charge is 0.491 e. The fraction of sp³-hybridized carbons (Fsp3) is 0.286. The zero-order valence-electron chi connectivity index (χ0n) is 21.0. The molecule has 3 rings (SSSR count). The van der Waals surface area contributed by atoms with Crippen LogP contribution in [0.2, 0.25) is 0 Å². The van der Waals surface area contributed by atoms with Crippen molar-refractivity contribution < 1.29 is 26.3 Å². The second-order valence-electron chi connectivity index (χ2n) is 8.37. The van der Waals surface area contributed by atoms with Gasteiger partial charge in [-0.25, -0.2) is 16.8 Å². The lowest BCUT2D eigenvalue weighted by Crippen LogP contribution is -2.06. The lowest BCUT2D eigenvalue weighted by Gasteiger charge is -2.18. The molecule has 192 valence electrons. The van der Waals surface area contributed by atoms with Crippen molar-refractivity contribution in [3.05, 3.63) is 89.5 Å². The first-order valence-corrected chi connectivity index (χ1v) is 15.5. The number of allylic oxidation sites excluding steroid dienone is 1. The van der Waals surface area contributed by atoms with Crippen molar-refractivity contribution in [3.63, 3.8) is 0 Å². The van der Waals surface area contributed by atoms with Crippen molar-refractivity contribution in [2.24, 2.45) is 0 Å². The van der Waals surface area contributed by atoms with Gasteiger partial charge in [0.2, 0.25) is 0 Å². The molecule has 0 heterocycles. The van der Waals surface area contributed by atoms with Crippen LogP contribution in [0.4, 0.5) is 0 Å². The van der Waals surface area contributed by atoms with E-state index in [9.17, 15) is 16.8 Å². The lowest BCUT2D eigenvalue weighted by molar-refractivity contribution is 0.110. The van der Waals surface area contributed by atoms with Gasteiger partial charge in [-0.15, -0.1) is 0 Å². The molecule has 0 bridgehead atoms. The summed E-state index contributed by atoms with van der Waals surface area (Å²) in [6.45, 7) is 5.56. The number of ether oxygens (including phenoxy) is 2. The summed E-state index contributed by atoms with van der Waals surface area (Å²) >= 11 is 0. The van der Waals surface area contributed by atoms with Crippen molar-refractivity contribution in [2.45, 2.75) is 30.1 Å². The number of hydrogen-bond donors (Lipinski definition) is 0. The highest BCUT2D eigenvalue weighted by atomic mass is 32.2. The van der Waals surface area contributed by atoms with Crippen molar-refractivity contribution in [1.29, 1.82) is 0 Å². The Morgan fingerprint density at radius 1 is 0.694 bits per heavy atom. The predicted octanol–water partition coefficient (Wildman–Crippen LogP) is 5.28. The first-order valence-electron chi connectivity index (χ1n) is 11.7. The van der Waals surface area contributed by atoms with E-state index in [-0.39, 0.29) is 9.79 Å². The number of rotatable bonds is 11. The van der Waals surface area contributed by atoms with Gasteiger partial charge in [0, 0.05) is 19.1 Å². The molecule has 0 saturated heterocycles. The van der Waals surface area contributed by atoms with Crippen molar-refractivity contribution in [1.82, 2.24) is 0 Å². The van der Waals surface area contributed by atoms with Crippen LogP contribution in [-0.4, -0.2) is 49.2 Å². The van der Waals surface area contributed by atoms with Crippen molar-refractivity contribution >= 4 is 30.8 Å². The normalized spacial score (nSPS) is 11.8. The summed E-state index contributed by atoms with van der Waals surface area (Å²) in [5, 5.41) is 0. The fourth-order valence-corrected chi connectivity index (χ4v) is 5.18. The molecule has 0 radical (unpaired) electrons. The van der Waals surface area contributed by atoms with Crippen LogP contribution in [0.5, 0.6) is 5.75 Å². The van der Waals surface area contributed by atoms with E-state index in [1.165, 1.54) is 12.5 Å². The molecule has 0 aliphatic carbocycles. The molecular weight excluding hydrogens is 496 g/mol. The summed E-state index contributed by atoms with van der Waals surface area (Å²) in [5.74, 6) is 0.720. The highest BCUT2D eigenvalue weighted by Crippen LogP contribution is 2.36. The van der Waals surface area contributed by atoms with Gasteiger partial charge in [-0.2, -0.15) is 0 Å². The van der Waals surface area contributed by atoms with Crippen LogP contribution >= 0.6 is 0 Å². The van der Waals surface area contributed by atoms with Crippen LogP contribution < -0.4 is 4.74 Å². The van der Waals surface area contributed by atoms with Crippen LogP contribution in [0.25, 0.3) is 11.1 Å². The second-order valence-corrected chi connectivity index (χ2v) is 12.4. The lowest BCUT2D eigenvalue weighted by atomic mass is 9.88. The Bertz CT molecular complexity index is 1340. The maximum absolute atomic E-state index is 12.0. The molecule has 0 saturated carbocycles. The first-order chi connectivity index (χ1) is 17.0. The van der Waals surface area contributed by atoms with E-state index in [1.54, 1.807) is 48.5 Å². The summed E-state index contributed by atoms with van der Waals surface area (Å²) in [5.41, 5.74) is 4.53. The van der Waals surface area contributed by atoms with E-state index < -0.39 is 19.7 Å². The Morgan fingerprint density at radius 2 is 1.22 bits per heavy atom. The predicted molar refractivity (Wildman–Crippen MR) is 144 cm³/mol. The molecule has 8 heteroatoms. The smallest absolute Gasteiger partial charge is 0.175 e. The fourth-order valence-electron chi connectivity index (χ4n) is 3.91. The topological polar surface area (TPSA) is 86.7 Å². The zero-order chi connectivity index (χ0) is 26.3. The minimum Gasteiger partial charge on any atom is -0.491 e. The van der Waals surface area contributed by atoms with Crippen LogP contribution in [-0.2, 0) is 24.4 Å². The molecule has 3 aromatic rings. The average Bonchev–Trinajstić information content (AvgIpc) is 2.84. The molecule has 0 unspecified atom stereocenters. The molecule has 3 aromatic carbocycles. The van der Waals surface area contributed by atoms with E-state index in [1.807, 2.05) is 38.1 Å². The molecule has 0 spiro atoms.